The maximum absolute atomic E-state index is 13.0. The van der Waals surface area contributed by atoms with Gasteiger partial charge in [-0.25, -0.2) is 9.59 Å². The third-order valence-electron chi connectivity index (χ3n) is 8.22. The van der Waals surface area contributed by atoms with E-state index in [1.807, 2.05) is 36.4 Å². The molecular weight excluding hydrogens is 566 g/mol. The van der Waals surface area contributed by atoms with Gasteiger partial charge in [0.15, 0.2) is 18.0 Å². The van der Waals surface area contributed by atoms with Crippen LogP contribution in [0.25, 0.3) is 11.1 Å². The highest BCUT2D eigenvalue weighted by Gasteiger charge is 2.55. The Balaban J connectivity index is 1.09. The Kier molecular flexibility index (Phi) is 8.07. The van der Waals surface area contributed by atoms with E-state index >= 15 is 0 Å². The summed E-state index contributed by atoms with van der Waals surface area (Å²) in [6, 6.07) is 22.0. The first-order valence-electron chi connectivity index (χ1n) is 14.5. The van der Waals surface area contributed by atoms with E-state index in [-0.39, 0.29) is 12.5 Å². The Labute approximate surface area is 254 Å². The number of methoxy groups -OCH3 is 1. The minimum absolute atomic E-state index is 0.0999. The number of carbonyl (C=O) groups excluding carboxylic acids is 4. The zero-order valence-electron chi connectivity index (χ0n) is 24.3. The SMILES string of the molecule is COC(=O)[C@@H]1O[C@@]2(c3cccc(NC(=O)[C@H](C)NC(=O)OCC4c5ccccc5-c5ccccc54)c3)CCCNC(=O)[C@@H]1O2. The molecular formula is C33H33N3O8. The summed E-state index contributed by atoms with van der Waals surface area (Å²) in [7, 11) is 1.22. The standard InChI is InChI=1S/C33H33N3O8/c1-19(35-32(40)42-18-26-24-13-5-3-11-22(24)23-12-4-6-14-25(23)26)29(37)36-21-10-7-9-20(17-21)33-15-8-16-34-30(38)27(43-33)28(44-33)31(39)41-2/h3-7,9-14,17,19,26-28H,8,15-16,18H2,1-2H3,(H,34,38)(H,35,40)(H,36,37)/t19-,27+,28+,33+/m0/s1. The molecule has 2 heterocycles. The second kappa shape index (κ2) is 12.1. The number of ether oxygens (including phenoxy) is 4. The summed E-state index contributed by atoms with van der Waals surface area (Å²) in [5.74, 6) is -3.13. The Morgan fingerprint density at radius 2 is 1.70 bits per heavy atom. The van der Waals surface area contributed by atoms with Crippen LogP contribution in [0.3, 0.4) is 0 Å². The van der Waals surface area contributed by atoms with Crippen molar-refractivity contribution in [3.63, 3.8) is 0 Å². The van der Waals surface area contributed by atoms with E-state index in [0.29, 0.717) is 30.6 Å². The molecule has 0 radical (unpaired) electrons. The van der Waals surface area contributed by atoms with Gasteiger partial charge in [-0.1, -0.05) is 60.7 Å². The first kappa shape index (κ1) is 29.3. The number of amides is 3. The van der Waals surface area contributed by atoms with Crippen LogP contribution in [0.15, 0.2) is 72.8 Å². The lowest BCUT2D eigenvalue weighted by Gasteiger charge is -2.30. The normalized spacial score (nSPS) is 22.8. The van der Waals surface area contributed by atoms with Crippen molar-refractivity contribution in [2.24, 2.45) is 0 Å². The van der Waals surface area contributed by atoms with E-state index in [1.54, 1.807) is 31.2 Å². The number of hydrogen-bond donors (Lipinski definition) is 3. The van der Waals surface area contributed by atoms with Crippen LogP contribution < -0.4 is 16.0 Å². The summed E-state index contributed by atoms with van der Waals surface area (Å²) in [6.45, 7) is 2.08. The Hall–Kier alpha value is -4.74. The van der Waals surface area contributed by atoms with Crippen LogP contribution >= 0.6 is 0 Å². The van der Waals surface area contributed by atoms with Crippen molar-refractivity contribution >= 4 is 29.6 Å². The van der Waals surface area contributed by atoms with Crippen LogP contribution in [-0.4, -0.2) is 62.4 Å². The fourth-order valence-electron chi connectivity index (χ4n) is 6.04. The lowest BCUT2D eigenvalue weighted by molar-refractivity contribution is -0.198. The van der Waals surface area contributed by atoms with Crippen LogP contribution in [0.2, 0.25) is 0 Å². The van der Waals surface area contributed by atoms with Crippen molar-refractivity contribution in [3.05, 3.63) is 89.5 Å². The van der Waals surface area contributed by atoms with Gasteiger partial charge in [0.05, 0.1) is 7.11 Å². The smallest absolute Gasteiger partial charge is 0.407 e. The Bertz CT molecular complexity index is 1560. The molecule has 3 aliphatic rings. The highest BCUT2D eigenvalue weighted by atomic mass is 16.8. The number of carbonyl (C=O) groups is 4. The van der Waals surface area contributed by atoms with Crippen LogP contribution in [0.4, 0.5) is 10.5 Å². The van der Waals surface area contributed by atoms with Crippen molar-refractivity contribution in [3.8, 4) is 11.1 Å². The second-order valence-electron chi connectivity index (χ2n) is 11.0. The quantitative estimate of drug-likeness (QED) is 0.350. The van der Waals surface area contributed by atoms with Crippen LogP contribution in [0, 0.1) is 0 Å². The third-order valence-corrected chi connectivity index (χ3v) is 8.22. The molecule has 3 N–H and O–H groups in total. The second-order valence-corrected chi connectivity index (χ2v) is 11.0. The molecule has 2 fully saturated rings. The van der Waals surface area contributed by atoms with Crippen molar-refractivity contribution < 1.29 is 38.1 Å². The third kappa shape index (κ3) is 5.51. The van der Waals surface area contributed by atoms with Gasteiger partial charge >= 0.3 is 12.1 Å². The molecule has 44 heavy (non-hydrogen) atoms. The van der Waals surface area contributed by atoms with Crippen LogP contribution in [0.1, 0.15) is 42.4 Å². The summed E-state index contributed by atoms with van der Waals surface area (Å²) in [4.78, 5) is 50.8. The number of benzene rings is 3. The van der Waals surface area contributed by atoms with E-state index in [2.05, 4.69) is 28.1 Å². The predicted molar refractivity (Wildman–Crippen MR) is 158 cm³/mol. The number of fused-ring (bicyclic) bond motifs is 5. The van der Waals surface area contributed by atoms with E-state index in [1.165, 1.54) is 7.11 Å². The maximum Gasteiger partial charge on any atom is 0.407 e. The molecule has 0 aromatic heterocycles. The molecule has 2 saturated heterocycles. The molecule has 2 bridgehead atoms. The van der Waals surface area contributed by atoms with Crippen LogP contribution in [-0.2, 0) is 39.1 Å². The van der Waals surface area contributed by atoms with Gasteiger partial charge in [-0.05, 0) is 47.7 Å². The largest absolute Gasteiger partial charge is 0.467 e. The number of anilines is 1. The summed E-state index contributed by atoms with van der Waals surface area (Å²) < 4.78 is 22.6. The van der Waals surface area contributed by atoms with Gasteiger partial charge in [-0.3, -0.25) is 9.59 Å². The van der Waals surface area contributed by atoms with E-state index in [4.69, 9.17) is 18.9 Å². The minimum Gasteiger partial charge on any atom is -0.467 e. The van der Waals surface area contributed by atoms with Crippen LogP contribution in [0.5, 0.6) is 0 Å². The average Bonchev–Trinajstić information content (AvgIpc) is 3.60. The molecule has 0 spiro atoms. The van der Waals surface area contributed by atoms with E-state index in [0.717, 1.165) is 22.3 Å². The number of hydrogen-bond acceptors (Lipinski definition) is 8. The van der Waals surface area contributed by atoms with Crippen molar-refractivity contribution in [1.29, 1.82) is 0 Å². The molecule has 228 valence electrons. The topological polar surface area (TPSA) is 141 Å². The predicted octanol–water partition coefficient (Wildman–Crippen LogP) is 3.57. The lowest BCUT2D eigenvalue weighted by atomic mass is 9.98. The highest BCUT2D eigenvalue weighted by molar-refractivity contribution is 5.96. The van der Waals surface area contributed by atoms with Gasteiger partial charge in [-0.15, -0.1) is 0 Å². The number of rotatable bonds is 7. The van der Waals surface area contributed by atoms with E-state index in [9.17, 15) is 19.2 Å². The van der Waals surface area contributed by atoms with Gasteiger partial charge in [0.25, 0.3) is 5.91 Å². The number of esters is 1. The molecule has 1 aliphatic carbocycles. The van der Waals surface area contributed by atoms with Gasteiger partial charge in [0, 0.05) is 30.1 Å². The number of nitrogens with one attached hydrogen (secondary N) is 3. The molecule has 0 saturated carbocycles. The average molecular weight is 600 g/mol. The molecule has 11 heteroatoms. The van der Waals surface area contributed by atoms with Crippen molar-refractivity contribution in [2.45, 2.75) is 49.7 Å². The lowest BCUT2D eigenvalue weighted by Crippen LogP contribution is -2.45. The molecule has 3 amide bonds. The molecule has 11 nitrogen and oxygen atoms in total. The molecule has 0 unspecified atom stereocenters. The fraction of sp³-hybridized carbons (Fsp3) is 0.333. The minimum atomic E-state index is -1.38. The molecule has 3 aromatic carbocycles. The summed E-state index contributed by atoms with van der Waals surface area (Å²) in [5, 5.41) is 8.13. The molecule has 4 atom stereocenters. The first-order chi connectivity index (χ1) is 21.3. The number of alkyl carbamates (subject to hydrolysis) is 1. The Morgan fingerprint density at radius 1 is 1.00 bits per heavy atom. The zero-order chi connectivity index (χ0) is 30.8. The van der Waals surface area contributed by atoms with Gasteiger partial charge in [-0.2, -0.15) is 0 Å². The monoisotopic (exact) mass is 599 g/mol. The summed E-state index contributed by atoms with van der Waals surface area (Å²) >= 11 is 0. The van der Waals surface area contributed by atoms with Gasteiger partial charge in [0.1, 0.15) is 12.6 Å². The Morgan fingerprint density at radius 3 is 2.41 bits per heavy atom. The van der Waals surface area contributed by atoms with E-state index < -0.39 is 47.9 Å². The maximum atomic E-state index is 13.0. The summed E-state index contributed by atoms with van der Waals surface area (Å²) in [6.07, 6.45) is -2.24. The molecule has 3 aromatic rings. The zero-order valence-corrected chi connectivity index (χ0v) is 24.3. The summed E-state index contributed by atoms with van der Waals surface area (Å²) in [5.41, 5.74) is 5.38. The van der Waals surface area contributed by atoms with Crippen molar-refractivity contribution in [1.82, 2.24) is 10.6 Å². The molecule has 6 rings (SSSR count). The van der Waals surface area contributed by atoms with Crippen molar-refractivity contribution in [2.75, 3.05) is 25.6 Å². The molecule has 2 aliphatic heterocycles. The van der Waals surface area contributed by atoms with Gasteiger partial charge in [0.2, 0.25) is 5.91 Å². The van der Waals surface area contributed by atoms with Gasteiger partial charge < -0.3 is 34.9 Å². The fourth-order valence-corrected chi connectivity index (χ4v) is 6.04. The highest BCUT2D eigenvalue weighted by Crippen LogP contribution is 2.45. The first-order valence-corrected chi connectivity index (χ1v) is 14.5.